The lowest BCUT2D eigenvalue weighted by Crippen LogP contribution is -1.95. The van der Waals surface area contributed by atoms with Gasteiger partial charge in [0.2, 0.25) is 5.95 Å². The number of nitrogens with two attached hydrogens (primary N) is 1. The lowest BCUT2D eigenvalue weighted by molar-refractivity contribution is 1.12. The fraction of sp³-hybridized carbons (Fsp3) is 0.0714. The summed E-state index contributed by atoms with van der Waals surface area (Å²) in [4.78, 5) is 15.5. The summed E-state index contributed by atoms with van der Waals surface area (Å²) in [7, 11) is 0. The lowest BCUT2D eigenvalue weighted by atomic mass is 10.3. The summed E-state index contributed by atoms with van der Waals surface area (Å²) in [5.74, 6) is 0.313. The van der Waals surface area contributed by atoms with Gasteiger partial charge in [-0.15, -0.1) is 22.7 Å². The molecule has 7 heteroatoms. The molecule has 21 heavy (non-hydrogen) atoms. The highest BCUT2D eigenvalue weighted by atomic mass is 32.2. The minimum Gasteiger partial charge on any atom is -0.368 e. The Hall–Kier alpha value is -1.70. The average Bonchev–Trinajstić information content (AvgIpc) is 3.00. The maximum atomic E-state index is 5.82. The summed E-state index contributed by atoms with van der Waals surface area (Å²) in [5, 5.41) is 1.93. The van der Waals surface area contributed by atoms with Crippen LogP contribution in [0.1, 0.15) is 4.88 Å². The van der Waals surface area contributed by atoms with E-state index in [0.717, 1.165) is 25.1 Å². The topological polar surface area (TPSA) is 64.7 Å². The Kier molecular flexibility index (Phi) is 3.06. The van der Waals surface area contributed by atoms with Gasteiger partial charge in [-0.2, -0.15) is 0 Å². The Bertz CT molecular complexity index is 924. The molecule has 0 bridgehead atoms. The summed E-state index contributed by atoms with van der Waals surface area (Å²) in [6.07, 6.45) is 0. The van der Waals surface area contributed by atoms with E-state index < -0.39 is 0 Å². The molecule has 0 fully saturated rings. The summed E-state index contributed by atoms with van der Waals surface area (Å²) >= 11 is 4.86. The lowest BCUT2D eigenvalue weighted by Gasteiger charge is -2.00. The molecule has 0 radical (unpaired) electrons. The van der Waals surface area contributed by atoms with Crippen molar-refractivity contribution in [3.63, 3.8) is 0 Å². The molecular weight excluding hydrogens is 320 g/mol. The fourth-order valence-electron chi connectivity index (χ4n) is 2.09. The van der Waals surface area contributed by atoms with E-state index in [1.807, 2.05) is 18.2 Å². The number of nitrogens with zero attached hydrogens (tertiary/aromatic N) is 3. The minimum atomic E-state index is 0.313. The van der Waals surface area contributed by atoms with Gasteiger partial charge in [-0.25, -0.2) is 15.0 Å². The number of hydrogen-bond acceptors (Lipinski definition) is 7. The summed E-state index contributed by atoms with van der Waals surface area (Å²) in [6.45, 7) is 2.06. The van der Waals surface area contributed by atoms with E-state index in [1.165, 1.54) is 9.58 Å². The van der Waals surface area contributed by atoms with Crippen LogP contribution in [-0.2, 0) is 0 Å². The number of benzene rings is 1. The number of hydrogen-bond donors (Lipinski definition) is 1. The Morgan fingerprint density at radius 1 is 1.10 bits per heavy atom. The molecule has 0 aliphatic heterocycles. The van der Waals surface area contributed by atoms with E-state index in [0.29, 0.717) is 5.95 Å². The smallest absolute Gasteiger partial charge is 0.222 e. The van der Waals surface area contributed by atoms with Gasteiger partial charge >= 0.3 is 0 Å². The summed E-state index contributed by atoms with van der Waals surface area (Å²) in [5.41, 5.74) is 6.84. The van der Waals surface area contributed by atoms with Crippen LogP contribution >= 0.6 is 34.4 Å². The zero-order chi connectivity index (χ0) is 14.4. The second kappa shape index (κ2) is 4.94. The van der Waals surface area contributed by atoms with Gasteiger partial charge in [0.25, 0.3) is 0 Å². The summed E-state index contributed by atoms with van der Waals surface area (Å²) in [6, 6.07) is 10.2. The number of thiazole rings is 1. The summed E-state index contributed by atoms with van der Waals surface area (Å²) < 4.78 is 2.15. The third-order valence-electron chi connectivity index (χ3n) is 2.96. The second-order valence-electron chi connectivity index (χ2n) is 4.51. The van der Waals surface area contributed by atoms with Gasteiger partial charge < -0.3 is 5.73 Å². The van der Waals surface area contributed by atoms with Crippen molar-refractivity contribution < 1.29 is 0 Å². The van der Waals surface area contributed by atoms with Crippen LogP contribution in [0.15, 0.2) is 39.7 Å². The van der Waals surface area contributed by atoms with Gasteiger partial charge in [-0.05, 0) is 36.9 Å². The molecule has 4 aromatic rings. The van der Waals surface area contributed by atoms with Crippen molar-refractivity contribution in [3.8, 4) is 0 Å². The number of thiophene rings is 1. The van der Waals surface area contributed by atoms with Gasteiger partial charge in [-0.1, -0.05) is 12.1 Å². The van der Waals surface area contributed by atoms with Crippen LogP contribution in [0, 0.1) is 6.92 Å². The molecule has 0 aliphatic rings. The monoisotopic (exact) mass is 330 g/mol. The molecule has 0 unspecified atom stereocenters. The largest absolute Gasteiger partial charge is 0.368 e. The average molecular weight is 330 g/mol. The first-order valence-corrected chi connectivity index (χ1v) is 8.71. The number of aromatic nitrogens is 3. The third kappa shape index (κ3) is 2.37. The minimum absolute atomic E-state index is 0.313. The quantitative estimate of drug-likeness (QED) is 0.554. The van der Waals surface area contributed by atoms with E-state index in [-0.39, 0.29) is 0 Å². The molecule has 0 aliphatic carbocycles. The first-order valence-electron chi connectivity index (χ1n) is 6.26. The molecule has 3 aromatic heterocycles. The Balaban J connectivity index is 1.82. The number of nitrogen functional groups attached to an aromatic ring is 1. The number of rotatable bonds is 2. The Labute approximate surface area is 133 Å². The molecule has 0 atom stereocenters. The zero-order valence-electron chi connectivity index (χ0n) is 11.0. The SMILES string of the molecule is Cc1cc2c(Sc3nc4ccccc4s3)nc(N)nc2s1. The first-order chi connectivity index (χ1) is 10.2. The normalized spacial score (nSPS) is 11.5. The van der Waals surface area contributed by atoms with Gasteiger partial charge in [0.1, 0.15) is 9.86 Å². The number of aryl methyl sites for hydroxylation is 1. The maximum Gasteiger partial charge on any atom is 0.222 e. The van der Waals surface area contributed by atoms with Crippen molar-refractivity contribution in [2.24, 2.45) is 0 Å². The number of fused-ring (bicyclic) bond motifs is 2. The predicted octanol–water partition coefficient (Wildman–Crippen LogP) is 4.34. The number of para-hydroxylation sites is 1. The highest BCUT2D eigenvalue weighted by Crippen LogP contribution is 2.38. The van der Waals surface area contributed by atoms with Crippen LogP contribution in [0.5, 0.6) is 0 Å². The number of anilines is 1. The molecule has 2 N–H and O–H groups in total. The molecule has 4 rings (SSSR count). The zero-order valence-corrected chi connectivity index (χ0v) is 13.5. The Morgan fingerprint density at radius 2 is 1.95 bits per heavy atom. The van der Waals surface area contributed by atoms with E-state index >= 15 is 0 Å². The first kappa shape index (κ1) is 13.0. The van der Waals surface area contributed by atoms with Crippen LogP contribution in [0.3, 0.4) is 0 Å². The molecule has 104 valence electrons. The Morgan fingerprint density at radius 3 is 2.81 bits per heavy atom. The molecule has 3 heterocycles. The van der Waals surface area contributed by atoms with Crippen molar-refractivity contribution in [1.82, 2.24) is 15.0 Å². The molecular formula is C14H10N4S3. The molecule has 0 amide bonds. The third-order valence-corrected chi connectivity index (χ3v) is 6.00. The van der Waals surface area contributed by atoms with E-state index in [9.17, 15) is 0 Å². The van der Waals surface area contributed by atoms with Gasteiger partial charge in [0.15, 0.2) is 4.34 Å². The van der Waals surface area contributed by atoms with E-state index in [1.54, 1.807) is 34.4 Å². The van der Waals surface area contributed by atoms with Crippen LogP contribution in [-0.4, -0.2) is 15.0 Å². The molecule has 0 saturated carbocycles. The molecule has 1 aromatic carbocycles. The van der Waals surface area contributed by atoms with Crippen molar-refractivity contribution in [2.75, 3.05) is 5.73 Å². The van der Waals surface area contributed by atoms with Crippen molar-refractivity contribution in [3.05, 3.63) is 35.2 Å². The highest BCUT2D eigenvalue weighted by molar-refractivity contribution is 8.01. The van der Waals surface area contributed by atoms with Gasteiger partial charge in [0, 0.05) is 10.3 Å². The standard InChI is InChI=1S/C14H10N4S3/c1-7-6-8-11(19-7)17-13(15)18-12(8)21-14-16-9-4-2-3-5-10(9)20-14/h2-6H,1H3,(H2,15,17,18). The van der Waals surface area contributed by atoms with Gasteiger partial charge in [0.05, 0.1) is 10.2 Å². The van der Waals surface area contributed by atoms with Crippen LogP contribution < -0.4 is 5.73 Å². The second-order valence-corrected chi connectivity index (χ2v) is 8.01. The van der Waals surface area contributed by atoms with Gasteiger partial charge in [-0.3, -0.25) is 0 Å². The predicted molar refractivity (Wildman–Crippen MR) is 90.3 cm³/mol. The molecule has 4 nitrogen and oxygen atoms in total. The van der Waals surface area contributed by atoms with Crippen molar-refractivity contribution in [2.45, 2.75) is 16.3 Å². The van der Waals surface area contributed by atoms with Crippen molar-refractivity contribution >= 4 is 60.8 Å². The van der Waals surface area contributed by atoms with E-state index in [2.05, 4.69) is 34.0 Å². The van der Waals surface area contributed by atoms with Crippen LogP contribution in [0.2, 0.25) is 0 Å². The molecule has 0 spiro atoms. The van der Waals surface area contributed by atoms with Crippen LogP contribution in [0.25, 0.3) is 20.4 Å². The fourth-order valence-corrected chi connectivity index (χ4v) is 5.12. The van der Waals surface area contributed by atoms with Crippen LogP contribution in [0.4, 0.5) is 5.95 Å². The van der Waals surface area contributed by atoms with E-state index in [4.69, 9.17) is 5.73 Å². The molecule has 0 saturated heterocycles. The maximum absolute atomic E-state index is 5.82. The highest BCUT2D eigenvalue weighted by Gasteiger charge is 2.13. The van der Waals surface area contributed by atoms with Crippen molar-refractivity contribution in [1.29, 1.82) is 0 Å².